The van der Waals surface area contributed by atoms with E-state index in [2.05, 4.69) is 16.9 Å². The Kier molecular flexibility index (Phi) is 5.65. The Bertz CT molecular complexity index is 1100. The van der Waals surface area contributed by atoms with Gasteiger partial charge in [0.1, 0.15) is 18.5 Å². The Labute approximate surface area is 161 Å². The first-order valence-electron chi connectivity index (χ1n) is 8.81. The molecule has 2 aromatic heterocycles. The number of nitrogens with one attached hydrogen (secondary N) is 1. The van der Waals surface area contributed by atoms with E-state index in [-0.39, 0.29) is 24.3 Å². The number of aliphatic hydroxyl groups is 1. The fourth-order valence-corrected chi connectivity index (χ4v) is 2.90. The zero-order valence-corrected chi connectivity index (χ0v) is 15.8. The van der Waals surface area contributed by atoms with Gasteiger partial charge in [-0.05, 0) is 12.1 Å². The maximum atomic E-state index is 12.7. The van der Waals surface area contributed by atoms with E-state index in [1.165, 1.54) is 11.6 Å². The molecule has 0 spiro atoms. The largest absolute Gasteiger partial charge is 0.491 e. The summed E-state index contributed by atoms with van der Waals surface area (Å²) in [7, 11) is 2.96. The summed E-state index contributed by atoms with van der Waals surface area (Å²) < 4.78 is 9.48. The van der Waals surface area contributed by atoms with Gasteiger partial charge in [0.25, 0.3) is 5.56 Å². The van der Waals surface area contributed by atoms with Gasteiger partial charge in [0.05, 0.1) is 6.54 Å². The highest BCUT2D eigenvalue weighted by atomic mass is 16.5. The topological polar surface area (TPSA) is 103 Å². The van der Waals surface area contributed by atoms with Crippen LogP contribution >= 0.6 is 0 Å². The van der Waals surface area contributed by atoms with Crippen molar-refractivity contribution in [3.63, 3.8) is 0 Å². The number of nitrogens with zero attached hydrogens (tertiary/aromatic N) is 4. The van der Waals surface area contributed by atoms with E-state index in [1.807, 2.05) is 18.2 Å². The number of rotatable bonds is 8. The molecule has 9 nitrogen and oxygen atoms in total. The fourth-order valence-electron chi connectivity index (χ4n) is 2.90. The molecule has 0 aliphatic rings. The maximum Gasteiger partial charge on any atom is 0.332 e. The average molecular weight is 385 g/mol. The van der Waals surface area contributed by atoms with Crippen molar-refractivity contribution >= 4 is 17.1 Å². The molecule has 1 atom stereocenters. The van der Waals surface area contributed by atoms with E-state index in [0.29, 0.717) is 18.2 Å². The third-order valence-electron chi connectivity index (χ3n) is 4.33. The van der Waals surface area contributed by atoms with Gasteiger partial charge < -0.3 is 19.7 Å². The zero-order valence-electron chi connectivity index (χ0n) is 15.8. The van der Waals surface area contributed by atoms with Crippen LogP contribution < -0.4 is 21.3 Å². The van der Waals surface area contributed by atoms with Crippen LogP contribution in [0, 0.1) is 0 Å². The quantitative estimate of drug-likeness (QED) is 0.547. The van der Waals surface area contributed by atoms with Gasteiger partial charge in [0.2, 0.25) is 5.95 Å². The molecule has 0 amide bonds. The lowest BCUT2D eigenvalue weighted by molar-refractivity contribution is 0.0938. The Hall–Kier alpha value is -3.33. The summed E-state index contributed by atoms with van der Waals surface area (Å²) in [6, 6.07) is 9.14. The third kappa shape index (κ3) is 3.70. The molecular weight excluding hydrogens is 362 g/mol. The number of anilines is 1. The molecule has 1 aromatic carbocycles. The van der Waals surface area contributed by atoms with E-state index in [4.69, 9.17) is 4.74 Å². The maximum absolute atomic E-state index is 12.7. The monoisotopic (exact) mass is 385 g/mol. The van der Waals surface area contributed by atoms with Crippen molar-refractivity contribution in [2.75, 3.05) is 18.5 Å². The van der Waals surface area contributed by atoms with Gasteiger partial charge in [0.15, 0.2) is 11.2 Å². The normalized spacial score (nSPS) is 12.1. The fraction of sp³-hybridized carbons (Fsp3) is 0.316. The molecule has 148 valence electrons. The molecule has 9 heteroatoms. The van der Waals surface area contributed by atoms with Crippen LogP contribution in [0.5, 0.6) is 5.75 Å². The van der Waals surface area contributed by atoms with Gasteiger partial charge in [-0.3, -0.25) is 13.9 Å². The molecule has 0 bridgehead atoms. The van der Waals surface area contributed by atoms with Crippen LogP contribution in [-0.2, 0) is 20.6 Å². The minimum Gasteiger partial charge on any atom is -0.491 e. The molecule has 0 aliphatic heterocycles. The lowest BCUT2D eigenvalue weighted by Gasteiger charge is -2.15. The van der Waals surface area contributed by atoms with Crippen molar-refractivity contribution in [1.82, 2.24) is 18.7 Å². The second-order valence-corrected chi connectivity index (χ2v) is 6.37. The standard InChI is InChI=1S/C19H23N5O4/c1-4-10-20-18-21-16-15(17(26)23(3)19(27)22(16)2)24(18)11-13(25)12-28-14-8-6-5-7-9-14/h4-9,13,25H,1,10-12H2,2-3H3,(H,20,21)/t13-/m1/s1. The van der Waals surface area contributed by atoms with Gasteiger partial charge in [-0.15, -0.1) is 6.58 Å². The Morgan fingerprint density at radius 1 is 1.25 bits per heavy atom. The zero-order chi connectivity index (χ0) is 20.3. The highest BCUT2D eigenvalue weighted by Gasteiger charge is 2.21. The smallest absolute Gasteiger partial charge is 0.332 e. The van der Waals surface area contributed by atoms with Gasteiger partial charge >= 0.3 is 5.69 Å². The summed E-state index contributed by atoms with van der Waals surface area (Å²) in [6.07, 6.45) is 0.749. The van der Waals surface area contributed by atoms with Crippen LogP contribution in [0.4, 0.5) is 5.95 Å². The van der Waals surface area contributed by atoms with Crippen molar-refractivity contribution in [3.05, 3.63) is 63.8 Å². The van der Waals surface area contributed by atoms with Crippen molar-refractivity contribution in [3.8, 4) is 5.75 Å². The average Bonchev–Trinajstić information content (AvgIpc) is 3.06. The predicted molar refractivity (Wildman–Crippen MR) is 107 cm³/mol. The number of aliphatic hydroxyl groups excluding tert-OH is 1. The lowest BCUT2D eigenvalue weighted by atomic mass is 10.3. The number of imidazole rings is 1. The van der Waals surface area contributed by atoms with Crippen molar-refractivity contribution in [1.29, 1.82) is 0 Å². The SMILES string of the molecule is C=CCNc1nc2c(c(=O)n(C)c(=O)n2C)n1C[C@@H](O)COc1ccccc1. The highest BCUT2D eigenvalue weighted by Crippen LogP contribution is 2.17. The molecule has 0 radical (unpaired) electrons. The number of fused-ring (bicyclic) bond motifs is 1. The molecule has 0 saturated carbocycles. The lowest BCUT2D eigenvalue weighted by Crippen LogP contribution is -2.38. The highest BCUT2D eigenvalue weighted by molar-refractivity contribution is 5.74. The number of aromatic nitrogens is 4. The molecule has 3 aromatic rings. The molecule has 2 N–H and O–H groups in total. The van der Waals surface area contributed by atoms with E-state index in [1.54, 1.807) is 29.8 Å². The summed E-state index contributed by atoms with van der Waals surface area (Å²) >= 11 is 0. The molecule has 0 aliphatic carbocycles. The van der Waals surface area contributed by atoms with E-state index in [0.717, 1.165) is 4.57 Å². The molecule has 3 rings (SSSR count). The van der Waals surface area contributed by atoms with Gasteiger partial charge in [-0.25, -0.2) is 4.79 Å². The Balaban J connectivity index is 1.96. The van der Waals surface area contributed by atoms with Crippen molar-refractivity contribution in [2.45, 2.75) is 12.6 Å². The molecule has 0 unspecified atom stereocenters. The van der Waals surface area contributed by atoms with Gasteiger partial charge in [-0.1, -0.05) is 24.3 Å². The second kappa shape index (κ2) is 8.13. The van der Waals surface area contributed by atoms with Crippen LogP contribution in [-0.4, -0.2) is 43.0 Å². The molecule has 28 heavy (non-hydrogen) atoms. The summed E-state index contributed by atoms with van der Waals surface area (Å²) in [6.45, 7) is 4.17. The van der Waals surface area contributed by atoms with Gasteiger partial charge in [0, 0.05) is 20.6 Å². The number of aryl methyl sites for hydroxylation is 1. The Morgan fingerprint density at radius 3 is 2.64 bits per heavy atom. The number of benzene rings is 1. The van der Waals surface area contributed by atoms with Gasteiger partial charge in [-0.2, -0.15) is 4.98 Å². The van der Waals surface area contributed by atoms with E-state index in [9.17, 15) is 14.7 Å². The summed E-state index contributed by atoms with van der Waals surface area (Å²) in [5.74, 6) is 1.01. The van der Waals surface area contributed by atoms with Crippen LogP contribution in [0.25, 0.3) is 11.2 Å². The van der Waals surface area contributed by atoms with Crippen LogP contribution in [0.15, 0.2) is 52.6 Å². The number of ether oxygens (including phenoxy) is 1. The Morgan fingerprint density at radius 2 is 1.96 bits per heavy atom. The summed E-state index contributed by atoms with van der Waals surface area (Å²) in [4.78, 5) is 29.3. The third-order valence-corrected chi connectivity index (χ3v) is 4.33. The van der Waals surface area contributed by atoms with E-state index < -0.39 is 17.4 Å². The summed E-state index contributed by atoms with van der Waals surface area (Å²) in [5, 5.41) is 13.5. The molecule has 2 heterocycles. The first kappa shape index (κ1) is 19.4. The molecule has 0 fully saturated rings. The van der Waals surface area contributed by atoms with Crippen LogP contribution in [0.3, 0.4) is 0 Å². The second-order valence-electron chi connectivity index (χ2n) is 6.37. The summed E-state index contributed by atoms with van der Waals surface area (Å²) in [5.41, 5.74) is -0.468. The van der Waals surface area contributed by atoms with Crippen LogP contribution in [0.2, 0.25) is 0 Å². The minimum absolute atomic E-state index is 0.0384. The minimum atomic E-state index is -0.899. The van der Waals surface area contributed by atoms with E-state index >= 15 is 0 Å². The van der Waals surface area contributed by atoms with Crippen molar-refractivity contribution in [2.24, 2.45) is 14.1 Å². The predicted octanol–water partition coefficient (Wildman–Crippen LogP) is 0.472. The number of hydrogen-bond donors (Lipinski definition) is 2. The number of para-hydroxylation sites is 1. The molecule has 0 saturated heterocycles. The van der Waals surface area contributed by atoms with Crippen LogP contribution in [0.1, 0.15) is 0 Å². The first-order chi connectivity index (χ1) is 13.4. The number of hydrogen-bond acceptors (Lipinski definition) is 6. The molecular formula is C19H23N5O4. The first-order valence-corrected chi connectivity index (χ1v) is 8.81. The van der Waals surface area contributed by atoms with Crippen molar-refractivity contribution < 1.29 is 9.84 Å².